The Morgan fingerprint density at radius 1 is 1.36 bits per heavy atom. The minimum atomic E-state index is -0.377. The highest BCUT2D eigenvalue weighted by Crippen LogP contribution is 2.25. The van der Waals surface area contributed by atoms with Crippen LogP contribution in [-0.4, -0.2) is 47.2 Å². The largest absolute Gasteiger partial charge is 0.467 e. The molecule has 0 atom stereocenters. The van der Waals surface area contributed by atoms with Crippen LogP contribution in [0.1, 0.15) is 16.3 Å². The van der Waals surface area contributed by atoms with Gasteiger partial charge in [0, 0.05) is 20.2 Å². The lowest BCUT2D eigenvalue weighted by molar-refractivity contribution is 0.0940. The summed E-state index contributed by atoms with van der Waals surface area (Å²) < 4.78 is 10.3. The summed E-state index contributed by atoms with van der Waals surface area (Å²) in [6, 6.07) is 5.58. The third-order valence-electron chi connectivity index (χ3n) is 3.15. The van der Waals surface area contributed by atoms with E-state index in [2.05, 4.69) is 25.4 Å². The highest BCUT2D eigenvalue weighted by Gasteiger charge is 2.15. The fraction of sp³-hybridized carbons (Fsp3) is 0.267. The van der Waals surface area contributed by atoms with Gasteiger partial charge in [-0.05, 0) is 11.4 Å². The second-order valence-corrected chi connectivity index (χ2v) is 6.12. The molecule has 9 nitrogen and oxygen atoms in total. The lowest BCUT2D eigenvalue weighted by Crippen LogP contribution is -2.25. The van der Waals surface area contributed by atoms with Crippen molar-refractivity contribution < 1.29 is 14.1 Å². The maximum atomic E-state index is 12.2. The van der Waals surface area contributed by atoms with Crippen molar-refractivity contribution in [3.05, 3.63) is 35.1 Å². The first-order valence-electron chi connectivity index (χ1n) is 7.32. The highest BCUT2D eigenvalue weighted by atomic mass is 32.1. The Labute approximate surface area is 147 Å². The standard InChI is InChI=1S/C15H16N6O3S/c1-21(2)14-17-12(18-15(19-14)23-3)8-16-13(22)9-7-10(24-20-9)11-5-4-6-25-11/h4-7H,8H2,1-3H3,(H,16,22). The fourth-order valence-corrected chi connectivity index (χ4v) is 2.60. The summed E-state index contributed by atoms with van der Waals surface area (Å²) in [4.78, 5) is 27.3. The molecule has 3 aromatic heterocycles. The molecular formula is C15H16N6O3S. The first-order valence-corrected chi connectivity index (χ1v) is 8.20. The van der Waals surface area contributed by atoms with Crippen molar-refractivity contribution in [1.29, 1.82) is 0 Å². The maximum absolute atomic E-state index is 12.2. The third kappa shape index (κ3) is 3.91. The number of aromatic nitrogens is 4. The van der Waals surface area contributed by atoms with Crippen LogP contribution in [0.15, 0.2) is 28.1 Å². The third-order valence-corrected chi connectivity index (χ3v) is 4.03. The number of thiophene rings is 1. The van der Waals surface area contributed by atoms with Crippen molar-refractivity contribution in [2.45, 2.75) is 6.54 Å². The molecule has 10 heteroatoms. The van der Waals surface area contributed by atoms with Gasteiger partial charge >= 0.3 is 6.01 Å². The normalized spacial score (nSPS) is 10.5. The molecule has 0 spiro atoms. The summed E-state index contributed by atoms with van der Waals surface area (Å²) in [5, 5.41) is 8.43. The van der Waals surface area contributed by atoms with Gasteiger partial charge in [-0.2, -0.15) is 15.0 Å². The molecule has 0 aliphatic heterocycles. The van der Waals surface area contributed by atoms with Crippen molar-refractivity contribution in [3.8, 4) is 16.6 Å². The van der Waals surface area contributed by atoms with Gasteiger partial charge in [-0.1, -0.05) is 11.2 Å². The summed E-state index contributed by atoms with van der Waals surface area (Å²) >= 11 is 1.51. The van der Waals surface area contributed by atoms with Gasteiger partial charge in [0.15, 0.2) is 17.3 Å². The van der Waals surface area contributed by atoms with E-state index in [1.807, 2.05) is 17.5 Å². The zero-order chi connectivity index (χ0) is 17.8. The molecule has 1 amide bonds. The summed E-state index contributed by atoms with van der Waals surface area (Å²) in [5.41, 5.74) is 0.192. The number of hydrogen-bond acceptors (Lipinski definition) is 9. The van der Waals surface area contributed by atoms with Crippen LogP contribution < -0.4 is 15.0 Å². The Hall–Kier alpha value is -3.01. The fourth-order valence-electron chi connectivity index (χ4n) is 1.92. The Balaban J connectivity index is 1.69. The van der Waals surface area contributed by atoms with Crippen molar-refractivity contribution in [3.63, 3.8) is 0 Å². The molecule has 3 heterocycles. The Kier molecular flexibility index (Phi) is 4.89. The lowest BCUT2D eigenvalue weighted by atomic mass is 10.3. The molecule has 0 radical (unpaired) electrons. The van der Waals surface area contributed by atoms with E-state index in [0.717, 1.165) is 4.88 Å². The topological polar surface area (TPSA) is 106 Å². The number of nitrogens with zero attached hydrogens (tertiary/aromatic N) is 5. The van der Waals surface area contributed by atoms with E-state index in [1.54, 1.807) is 25.1 Å². The van der Waals surface area contributed by atoms with Crippen molar-refractivity contribution in [2.75, 3.05) is 26.1 Å². The number of rotatable bonds is 6. The van der Waals surface area contributed by atoms with Crippen molar-refractivity contribution in [2.24, 2.45) is 0 Å². The van der Waals surface area contributed by atoms with Crippen molar-refractivity contribution >= 4 is 23.2 Å². The molecule has 0 unspecified atom stereocenters. The molecule has 3 aromatic rings. The minimum Gasteiger partial charge on any atom is -0.467 e. The number of amides is 1. The Bertz CT molecular complexity index is 862. The van der Waals surface area contributed by atoms with Gasteiger partial charge in [0.2, 0.25) is 5.95 Å². The molecule has 0 fully saturated rings. The van der Waals surface area contributed by atoms with E-state index < -0.39 is 0 Å². The minimum absolute atomic E-state index is 0.111. The van der Waals surface area contributed by atoms with Gasteiger partial charge < -0.3 is 19.5 Å². The smallest absolute Gasteiger partial charge is 0.321 e. The number of hydrogen-bond donors (Lipinski definition) is 1. The van der Waals surface area contributed by atoms with E-state index in [4.69, 9.17) is 9.26 Å². The van der Waals surface area contributed by atoms with Crippen LogP contribution in [0.5, 0.6) is 6.01 Å². The first-order chi connectivity index (χ1) is 12.1. The second kappa shape index (κ2) is 7.26. The van der Waals surface area contributed by atoms with E-state index in [1.165, 1.54) is 18.4 Å². The van der Waals surface area contributed by atoms with Crippen molar-refractivity contribution in [1.82, 2.24) is 25.4 Å². The van der Waals surface area contributed by atoms with Gasteiger partial charge in [0.1, 0.15) is 0 Å². The van der Waals surface area contributed by atoms with E-state index in [0.29, 0.717) is 17.5 Å². The average Bonchev–Trinajstić information content (AvgIpc) is 3.30. The molecule has 0 bridgehead atoms. The van der Waals surface area contributed by atoms with Gasteiger partial charge in [-0.15, -0.1) is 11.3 Å². The van der Waals surface area contributed by atoms with Gasteiger partial charge in [-0.3, -0.25) is 4.79 Å². The molecule has 0 aliphatic rings. The highest BCUT2D eigenvalue weighted by molar-refractivity contribution is 7.13. The number of methoxy groups -OCH3 is 1. The van der Waals surface area contributed by atoms with Crippen LogP contribution in [0.3, 0.4) is 0 Å². The number of ether oxygens (including phenoxy) is 1. The zero-order valence-corrected chi connectivity index (χ0v) is 14.7. The molecule has 0 saturated heterocycles. The quantitative estimate of drug-likeness (QED) is 0.706. The van der Waals surface area contributed by atoms with E-state index in [9.17, 15) is 4.79 Å². The van der Waals surface area contributed by atoms with Gasteiger partial charge in [0.25, 0.3) is 5.91 Å². The Morgan fingerprint density at radius 3 is 2.88 bits per heavy atom. The monoisotopic (exact) mass is 360 g/mol. The van der Waals surface area contributed by atoms with Gasteiger partial charge in [-0.25, -0.2) is 0 Å². The molecule has 0 aromatic carbocycles. The van der Waals surface area contributed by atoms with Crippen LogP contribution in [0, 0.1) is 0 Å². The molecule has 130 valence electrons. The molecule has 25 heavy (non-hydrogen) atoms. The van der Waals surface area contributed by atoms with Crippen LogP contribution >= 0.6 is 11.3 Å². The molecular weight excluding hydrogens is 344 g/mol. The summed E-state index contributed by atoms with van der Waals surface area (Å²) in [6.45, 7) is 0.111. The number of carbonyl (C=O) groups is 1. The second-order valence-electron chi connectivity index (χ2n) is 5.17. The predicted octanol–water partition coefficient (Wildman–Crippen LogP) is 1.59. The molecule has 0 saturated carbocycles. The molecule has 1 N–H and O–H groups in total. The lowest BCUT2D eigenvalue weighted by Gasteiger charge is -2.12. The summed E-state index contributed by atoms with van der Waals surface area (Å²) in [7, 11) is 5.08. The molecule has 0 aliphatic carbocycles. The SMILES string of the molecule is COc1nc(CNC(=O)c2cc(-c3cccs3)on2)nc(N(C)C)n1. The van der Waals surface area contributed by atoms with Crippen LogP contribution in [0.25, 0.3) is 10.6 Å². The number of carbonyl (C=O) groups excluding carboxylic acids is 1. The zero-order valence-electron chi connectivity index (χ0n) is 13.9. The van der Waals surface area contributed by atoms with E-state index in [-0.39, 0.29) is 24.2 Å². The summed E-state index contributed by atoms with van der Waals surface area (Å²) in [5.74, 6) is 0.998. The van der Waals surface area contributed by atoms with Gasteiger partial charge in [0.05, 0.1) is 18.5 Å². The first kappa shape index (κ1) is 16.8. The van der Waals surface area contributed by atoms with E-state index >= 15 is 0 Å². The summed E-state index contributed by atoms with van der Waals surface area (Å²) in [6.07, 6.45) is 0. The average molecular weight is 360 g/mol. The van der Waals surface area contributed by atoms with Crippen LogP contribution in [0.4, 0.5) is 5.95 Å². The Morgan fingerprint density at radius 2 is 2.20 bits per heavy atom. The predicted molar refractivity (Wildman–Crippen MR) is 91.7 cm³/mol. The van der Waals surface area contributed by atoms with Crippen LogP contribution in [0.2, 0.25) is 0 Å². The number of nitrogens with one attached hydrogen (secondary N) is 1. The maximum Gasteiger partial charge on any atom is 0.321 e. The molecule has 3 rings (SSSR count). The van der Waals surface area contributed by atoms with Crippen LogP contribution in [-0.2, 0) is 6.54 Å². The number of anilines is 1.